The van der Waals surface area contributed by atoms with Crippen molar-refractivity contribution < 1.29 is 9.53 Å². The maximum atomic E-state index is 10.5. The van der Waals surface area contributed by atoms with E-state index in [1.165, 1.54) is 18.2 Å². The van der Waals surface area contributed by atoms with Gasteiger partial charge in [-0.2, -0.15) is 0 Å². The van der Waals surface area contributed by atoms with E-state index >= 15 is 0 Å². The molecule has 2 rings (SSSR count). The van der Waals surface area contributed by atoms with Crippen molar-refractivity contribution in [3.63, 3.8) is 0 Å². The number of rotatable bonds is 6. The molecule has 102 valence electrons. The zero-order valence-electron chi connectivity index (χ0n) is 11.3. The number of aldehydes is 1. The van der Waals surface area contributed by atoms with E-state index in [2.05, 4.69) is 23.0 Å². The van der Waals surface area contributed by atoms with Crippen LogP contribution in [0.1, 0.15) is 29.6 Å². The highest BCUT2D eigenvalue weighted by Crippen LogP contribution is 2.15. The molecule has 0 unspecified atom stereocenters. The number of likely N-dealkylation sites (N-methyl/N-ethyl adjacent to an activating group) is 1. The van der Waals surface area contributed by atoms with Crippen LogP contribution in [0.15, 0.2) is 30.0 Å². The Morgan fingerprint density at radius 3 is 3.00 bits per heavy atom. The van der Waals surface area contributed by atoms with Crippen molar-refractivity contribution in [2.75, 3.05) is 26.7 Å². The molecule has 0 saturated heterocycles. The summed E-state index contributed by atoms with van der Waals surface area (Å²) in [5, 5.41) is 0. The molecule has 1 aromatic rings. The number of hydrogen-bond donors (Lipinski definition) is 0. The number of hydrogen-bond acceptors (Lipinski definition) is 4. The van der Waals surface area contributed by atoms with E-state index in [9.17, 15) is 4.79 Å². The molecular weight excluding hydrogens is 240 g/mol. The average molecular weight is 260 g/mol. The van der Waals surface area contributed by atoms with Gasteiger partial charge in [0.25, 0.3) is 0 Å². The van der Waals surface area contributed by atoms with Crippen LogP contribution >= 0.6 is 0 Å². The number of carbonyl (C=O) groups is 1. The highest BCUT2D eigenvalue weighted by atomic mass is 16.5. The van der Waals surface area contributed by atoms with Crippen LogP contribution in [0.3, 0.4) is 0 Å². The second-order valence-electron chi connectivity index (χ2n) is 4.87. The number of ether oxygens (including phenoxy) is 1. The van der Waals surface area contributed by atoms with Gasteiger partial charge in [0, 0.05) is 30.9 Å². The van der Waals surface area contributed by atoms with Gasteiger partial charge in [-0.3, -0.25) is 4.79 Å². The van der Waals surface area contributed by atoms with Crippen molar-refractivity contribution in [1.29, 1.82) is 0 Å². The minimum absolute atomic E-state index is 0.573. The lowest BCUT2D eigenvalue weighted by atomic mass is 10.0. The van der Waals surface area contributed by atoms with Crippen molar-refractivity contribution in [1.82, 2.24) is 9.88 Å². The minimum Gasteiger partial charge on any atom is -0.478 e. The molecule has 4 nitrogen and oxygen atoms in total. The Morgan fingerprint density at radius 1 is 1.47 bits per heavy atom. The van der Waals surface area contributed by atoms with Gasteiger partial charge in [0.05, 0.1) is 6.61 Å². The summed E-state index contributed by atoms with van der Waals surface area (Å²) in [6.45, 7) is 2.88. The van der Waals surface area contributed by atoms with Gasteiger partial charge in [0.2, 0.25) is 5.88 Å². The number of aromatic nitrogens is 1. The second kappa shape index (κ2) is 7.04. The summed E-state index contributed by atoms with van der Waals surface area (Å²) in [5.41, 5.74) is 2.11. The quantitative estimate of drug-likeness (QED) is 0.447. The smallest absolute Gasteiger partial charge is 0.213 e. The van der Waals surface area contributed by atoms with Crippen molar-refractivity contribution in [3.8, 4) is 5.88 Å². The molecule has 0 atom stereocenters. The molecule has 0 radical (unpaired) electrons. The number of carbonyl (C=O) groups excluding carboxylic acids is 1. The first-order valence-electron chi connectivity index (χ1n) is 6.68. The second-order valence-corrected chi connectivity index (χ2v) is 4.87. The average Bonchev–Trinajstić information content (AvgIpc) is 2.46. The Kier molecular flexibility index (Phi) is 5.10. The fourth-order valence-corrected chi connectivity index (χ4v) is 2.06. The molecule has 4 heteroatoms. The normalized spacial score (nSPS) is 15.9. The summed E-state index contributed by atoms with van der Waals surface area (Å²) < 4.78 is 5.55. The monoisotopic (exact) mass is 260 g/mol. The molecule has 0 saturated carbocycles. The van der Waals surface area contributed by atoms with Crippen molar-refractivity contribution in [2.45, 2.75) is 19.3 Å². The maximum Gasteiger partial charge on any atom is 0.213 e. The Morgan fingerprint density at radius 2 is 2.37 bits per heavy atom. The molecule has 0 aromatic carbocycles. The van der Waals surface area contributed by atoms with E-state index < -0.39 is 0 Å². The summed E-state index contributed by atoms with van der Waals surface area (Å²) >= 11 is 0. The standard InChI is InChI=1S/C15H20N2O2/c1-17-8-6-13(7-9-17)3-2-10-19-15-5-4-14(12-18)11-16-15/h4-6,11-12H,2-3,7-10H2,1H3. The van der Waals surface area contributed by atoms with Crippen LogP contribution in [0, 0.1) is 0 Å². The zero-order chi connectivity index (χ0) is 13.5. The molecule has 1 aliphatic heterocycles. The molecule has 19 heavy (non-hydrogen) atoms. The third-order valence-electron chi connectivity index (χ3n) is 3.29. The van der Waals surface area contributed by atoms with Gasteiger partial charge in [0.1, 0.15) is 0 Å². The first-order valence-corrected chi connectivity index (χ1v) is 6.68. The lowest BCUT2D eigenvalue weighted by Gasteiger charge is -2.21. The van der Waals surface area contributed by atoms with Crippen LogP contribution in [-0.4, -0.2) is 42.9 Å². The molecule has 0 fully saturated rings. The fraction of sp³-hybridized carbons (Fsp3) is 0.467. The van der Waals surface area contributed by atoms with Crippen LogP contribution in [0.25, 0.3) is 0 Å². The van der Waals surface area contributed by atoms with Crippen molar-refractivity contribution in [2.24, 2.45) is 0 Å². The SMILES string of the molecule is CN1CC=C(CCCOc2ccc(C=O)cn2)CC1. The van der Waals surface area contributed by atoms with E-state index in [4.69, 9.17) is 4.74 Å². The van der Waals surface area contributed by atoms with Crippen LogP contribution < -0.4 is 4.74 Å². The van der Waals surface area contributed by atoms with Gasteiger partial charge in [-0.25, -0.2) is 4.98 Å². The van der Waals surface area contributed by atoms with E-state index in [1.54, 1.807) is 12.1 Å². The molecule has 1 aliphatic rings. The van der Waals surface area contributed by atoms with E-state index in [1.807, 2.05) is 0 Å². The van der Waals surface area contributed by atoms with E-state index in [0.717, 1.165) is 32.2 Å². The predicted octanol–water partition coefficient (Wildman–Crippen LogP) is 2.32. The number of nitrogens with zero attached hydrogens (tertiary/aromatic N) is 2. The van der Waals surface area contributed by atoms with Crippen molar-refractivity contribution >= 4 is 6.29 Å². The summed E-state index contributed by atoms with van der Waals surface area (Å²) in [7, 11) is 2.14. The fourth-order valence-electron chi connectivity index (χ4n) is 2.06. The van der Waals surface area contributed by atoms with Gasteiger partial charge < -0.3 is 9.64 Å². The van der Waals surface area contributed by atoms with E-state index in [0.29, 0.717) is 18.1 Å². The summed E-state index contributed by atoms with van der Waals surface area (Å²) in [6.07, 6.45) is 7.90. The lowest BCUT2D eigenvalue weighted by Crippen LogP contribution is -2.24. The van der Waals surface area contributed by atoms with Crippen LogP contribution in [0.4, 0.5) is 0 Å². The Bertz CT molecular complexity index is 440. The molecule has 1 aromatic heterocycles. The molecule has 0 amide bonds. The minimum atomic E-state index is 0.573. The zero-order valence-corrected chi connectivity index (χ0v) is 11.3. The summed E-state index contributed by atoms with van der Waals surface area (Å²) in [5.74, 6) is 0.586. The molecule has 2 heterocycles. The van der Waals surface area contributed by atoms with Crippen LogP contribution in [0.2, 0.25) is 0 Å². The van der Waals surface area contributed by atoms with E-state index in [-0.39, 0.29) is 0 Å². The highest BCUT2D eigenvalue weighted by Gasteiger charge is 2.07. The Balaban J connectivity index is 1.67. The largest absolute Gasteiger partial charge is 0.478 e. The molecular formula is C15H20N2O2. The lowest BCUT2D eigenvalue weighted by molar-refractivity contribution is 0.112. The van der Waals surface area contributed by atoms with Crippen LogP contribution in [-0.2, 0) is 0 Å². The first-order chi connectivity index (χ1) is 9.28. The van der Waals surface area contributed by atoms with Gasteiger partial charge >= 0.3 is 0 Å². The van der Waals surface area contributed by atoms with Crippen LogP contribution in [0.5, 0.6) is 5.88 Å². The first kappa shape index (κ1) is 13.7. The Hall–Kier alpha value is -1.68. The topological polar surface area (TPSA) is 42.4 Å². The van der Waals surface area contributed by atoms with Gasteiger partial charge in [-0.05, 0) is 32.4 Å². The van der Waals surface area contributed by atoms with Gasteiger partial charge in [0.15, 0.2) is 6.29 Å². The number of pyridine rings is 1. The molecule has 0 aliphatic carbocycles. The molecule has 0 N–H and O–H groups in total. The summed E-state index contributed by atoms with van der Waals surface area (Å²) in [4.78, 5) is 16.9. The summed E-state index contributed by atoms with van der Waals surface area (Å²) in [6, 6.07) is 3.45. The maximum absolute atomic E-state index is 10.5. The predicted molar refractivity (Wildman–Crippen MR) is 74.6 cm³/mol. The highest BCUT2D eigenvalue weighted by molar-refractivity contribution is 5.73. The van der Waals surface area contributed by atoms with Gasteiger partial charge in [-0.15, -0.1) is 0 Å². The van der Waals surface area contributed by atoms with Crippen molar-refractivity contribution in [3.05, 3.63) is 35.5 Å². The Labute approximate surface area is 114 Å². The third kappa shape index (κ3) is 4.48. The molecule has 0 bridgehead atoms. The molecule has 0 spiro atoms. The third-order valence-corrected chi connectivity index (χ3v) is 3.29. The van der Waals surface area contributed by atoms with Gasteiger partial charge in [-0.1, -0.05) is 11.6 Å².